The number of nitriles is 1. The van der Waals surface area contributed by atoms with Crippen molar-refractivity contribution in [3.8, 4) is 6.07 Å². The summed E-state index contributed by atoms with van der Waals surface area (Å²) < 4.78 is 4.75. The second-order valence-corrected chi connectivity index (χ2v) is 3.59. The van der Waals surface area contributed by atoms with Crippen molar-refractivity contribution >= 4 is 11.9 Å². The summed E-state index contributed by atoms with van der Waals surface area (Å²) in [5, 5.41) is 20.2. The Bertz CT molecular complexity index is 365. The Morgan fingerprint density at radius 2 is 2.06 bits per heavy atom. The summed E-state index contributed by atoms with van der Waals surface area (Å²) in [6.45, 7) is 3.72. The number of esters is 1. The predicted octanol–water partition coefficient (Wildman–Crippen LogP) is 1.19. The normalized spacial score (nSPS) is 11.2. The van der Waals surface area contributed by atoms with E-state index < -0.39 is 5.91 Å². The molecule has 100 valence electrons. The lowest BCUT2D eigenvalue weighted by molar-refractivity contribution is -0.143. The van der Waals surface area contributed by atoms with Crippen molar-refractivity contribution in [2.75, 3.05) is 13.2 Å². The maximum atomic E-state index is 11.4. The molecule has 0 aromatic carbocycles. The molecular formula is C12H18N2O4. The number of nitrogens with one attached hydrogen (secondary N) is 1. The van der Waals surface area contributed by atoms with E-state index in [1.807, 2.05) is 0 Å². The number of allylic oxidation sites excluding steroid dienone is 1. The monoisotopic (exact) mass is 254 g/mol. The lowest BCUT2D eigenvalue weighted by Crippen LogP contribution is -2.26. The zero-order chi connectivity index (χ0) is 14.0. The van der Waals surface area contributed by atoms with Gasteiger partial charge in [-0.05, 0) is 26.7 Å². The van der Waals surface area contributed by atoms with E-state index in [1.165, 1.54) is 6.92 Å². The molecule has 0 bridgehead atoms. The number of hydrogen-bond acceptors (Lipinski definition) is 5. The summed E-state index contributed by atoms with van der Waals surface area (Å²) in [5.74, 6) is -1.16. The molecule has 6 nitrogen and oxygen atoms in total. The molecule has 18 heavy (non-hydrogen) atoms. The van der Waals surface area contributed by atoms with Crippen molar-refractivity contribution in [1.29, 1.82) is 5.26 Å². The highest BCUT2D eigenvalue weighted by Crippen LogP contribution is 2.00. The van der Waals surface area contributed by atoms with Crippen LogP contribution in [0.2, 0.25) is 0 Å². The molecule has 0 heterocycles. The fourth-order valence-electron chi connectivity index (χ4n) is 1.21. The minimum atomic E-state index is -0.603. The third-order valence-corrected chi connectivity index (χ3v) is 2.10. The van der Waals surface area contributed by atoms with Crippen molar-refractivity contribution in [3.63, 3.8) is 0 Å². The van der Waals surface area contributed by atoms with Gasteiger partial charge in [-0.2, -0.15) is 5.26 Å². The van der Waals surface area contributed by atoms with Gasteiger partial charge in [-0.15, -0.1) is 0 Å². The number of rotatable bonds is 7. The number of nitrogens with zero attached hydrogens (tertiary/aromatic N) is 1. The number of aliphatic hydroxyl groups excluding tert-OH is 1. The first kappa shape index (κ1) is 16.0. The van der Waals surface area contributed by atoms with Gasteiger partial charge in [-0.3, -0.25) is 9.59 Å². The Balaban J connectivity index is 3.81. The molecule has 0 aliphatic heterocycles. The molecule has 2 N–H and O–H groups in total. The fraction of sp³-hybridized carbons (Fsp3) is 0.583. The minimum Gasteiger partial charge on any atom is -0.511 e. The third-order valence-electron chi connectivity index (χ3n) is 2.10. The largest absolute Gasteiger partial charge is 0.511 e. The quantitative estimate of drug-likeness (QED) is 0.234. The molecule has 0 saturated heterocycles. The van der Waals surface area contributed by atoms with Gasteiger partial charge in [0.2, 0.25) is 0 Å². The van der Waals surface area contributed by atoms with Gasteiger partial charge in [-0.25, -0.2) is 0 Å². The summed E-state index contributed by atoms with van der Waals surface area (Å²) in [6, 6.07) is 1.62. The summed E-state index contributed by atoms with van der Waals surface area (Å²) in [4.78, 5) is 22.4. The van der Waals surface area contributed by atoms with Crippen molar-refractivity contribution in [2.45, 2.75) is 33.1 Å². The van der Waals surface area contributed by atoms with E-state index in [0.29, 0.717) is 32.4 Å². The van der Waals surface area contributed by atoms with E-state index in [0.717, 1.165) is 0 Å². The number of ether oxygens (including phenoxy) is 1. The highest BCUT2D eigenvalue weighted by Gasteiger charge is 2.11. The summed E-state index contributed by atoms with van der Waals surface area (Å²) >= 11 is 0. The average Bonchev–Trinajstić information content (AvgIpc) is 2.29. The van der Waals surface area contributed by atoms with Crippen LogP contribution < -0.4 is 5.32 Å². The van der Waals surface area contributed by atoms with Gasteiger partial charge in [0.1, 0.15) is 11.8 Å². The standard InChI is InChI=1S/C12H18N2O4/c1-3-18-11(16)6-4-5-7-14-12(17)10(8-13)9(2)15/h15H,3-7H2,1-2H3,(H,14,17). The van der Waals surface area contributed by atoms with Gasteiger partial charge in [0, 0.05) is 13.0 Å². The van der Waals surface area contributed by atoms with E-state index in [-0.39, 0.29) is 17.3 Å². The smallest absolute Gasteiger partial charge is 0.305 e. The molecule has 6 heteroatoms. The SMILES string of the molecule is CCOC(=O)CCCCNC(=O)C(C#N)=C(C)O. The Hall–Kier alpha value is -2.03. The van der Waals surface area contributed by atoms with Crippen LogP contribution in [0.1, 0.15) is 33.1 Å². The van der Waals surface area contributed by atoms with E-state index in [2.05, 4.69) is 5.32 Å². The lowest BCUT2D eigenvalue weighted by atomic mass is 10.2. The number of carbonyl (C=O) groups is 2. The maximum Gasteiger partial charge on any atom is 0.305 e. The van der Waals surface area contributed by atoms with E-state index in [4.69, 9.17) is 15.1 Å². The molecule has 0 fully saturated rings. The molecule has 0 rings (SSSR count). The third kappa shape index (κ3) is 6.53. The van der Waals surface area contributed by atoms with Crippen LogP contribution in [0.15, 0.2) is 11.3 Å². The molecule has 0 spiro atoms. The number of aliphatic hydroxyl groups is 1. The molecule has 1 amide bonds. The van der Waals surface area contributed by atoms with Crippen molar-refractivity contribution in [3.05, 3.63) is 11.3 Å². The average molecular weight is 254 g/mol. The molecular weight excluding hydrogens is 236 g/mol. The van der Waals surface area contributed by atoms with Gasteiger partial charge in [-0.1, -0.05) is 0 Å². The summed E-state index contributed by atoms with van der Waals surface area (Å²) in [5.41, 5.74) is -0.291. The van der Waals surface area contributed by atoms with Crippen molar-refractivity contribution in [1.82, 2.24) is 5.32 Å². The number of hydrogen-bond donors (Lipinski definition) is 2. The van der Waals surface area contributed by atoms with Crippen LogP contribution in [-0.2, 0) is 14.3 Å². The van der Waals surface area contributed by atoms with Gasteiger partial charge in [0.25, 0.3) is 5.91 Å². The Morgan fingerprint density at radius 1 is 1.39 bits per heavy atom. The molecule has 0 aromatic heterocycles. The Morgan fingerprint density at radius 3 is 2.56 bits per heavy atom. The molecule has 0 unspecified atom stereocenters. The first-order valence-electron chi connectivity index (χ1n) is 5.76. The topological polar surface area (TPSA) is 99.4 Å². The van der Waals surface area contributed by atoms with E-state index in [1.54, 1.807) is 13.0 Å². The van der Waals surface area contributed by atoms with Gasteiger partial charge in [0.15, 0.2) is 5.57 Å². The number of unbranched alkanes of at least 4 members (excludes halogenated alkanes) is 1. The van der Waals surface area contributed by atoms with E-state index >= 15 is 0 Å². The zero-order valence-corrected chi connectivity index (χ0v) is 10.7. The second kappa shape index (κ2) is 9.05. The van der Waals surface area contributed by atoms with Crippen molar-refractivity contribution < 1.29 is 19.4 Å². The van der Waals surface area contributed by atoms with Crippen LogP contribution >= 0.6 is 0 Å². The predicted molar refractivity (Wildman–Crippen MR) is 64.4 cm³/mol. The molecule has 0 atom stereocenters. The Kier molecular flexibility index (Phi) is 8.03. The lowest BCUT2D eigenvalue weighted by Gasteiger charge is -2.04. The summed E-state index contributed by atoms with van der Waals surface area (Å²) in [6.07, 6.45) is 1.51. The second-order valence-electron chi connectivity index (χ2n) is 3.59. The van der Waals surface area contributed by atoms with Gasteiger partial charge in [0.05, 0.1) is 6.61 Å². The van der Waals surface area contributed by atoms with Crippen LogP contribution in [0.25, 0.3) is 0 Å². The highest BCUT2D eigenvalue weighted by molar-refractivity contribution is 5.97. The highest BCUT2D eigenvalue weighted by atomic mass is 16.5. The van der Waals surface area contributed by atoms with Crippen LogP contribution in [0.5, 0.6) is 0 Å². The number of amides is 1. The van der Waals surface area contributed by atoms with E-state index in [9.17, 15) is 9.59 Å². The fourth-order valence-corrected chi connectivity index (χ4v) is 1.21. The van der Waals surface area contributed by atoms with Crippen molar-refractivity contribution in [2.24, 2.45) is 0 Å². The molecule has 0 saturated carbocycles. The van der Waals surface area contributed by atoms with Crippen LogP contribution in [0.3, 0.4) is 0 Å². The summed E-state index contributed by atoms with van der Waals surface area (Å²) in [7, 11) is 0. The molecule has 0 aliphatic carbocycles. The van der Waals surface area contributed by atoms with Crippen LogP contribution in [-0.4, -0.2) is 30.1 Å². The maximum absolute atomic E-state index is 11.4. The Labute approximate surface area is 106 Å². The molecule has 0 aliphatic rings. The first-order valence-corrected chi connectivity index (χ1v) is 5.76. The van der Waals surface area contributed by atoms with Crippen LogP contribution in [0, 0.1) is 11.3 Å². The first-order chi connectivity index (χ1) is 8.52. The molecule has 0 radical (unpaired) electrons. The van der Waals surface area contributed by atoms with Crippen LogP contribution in [0.4, 0.5) is 0 Å². The zero-order valence-electron chi connectivity index (χ0n) is 10.7. The number of carbonyl (C=O) groups excluding carboxylic acids is 2. The minimum absolute atomic E-state index is 0.257. The van der Waals surface area contributed by atoms with Gasteiger partial charge >= 0.3 is 5.97 Å². The molecule has 0 aromatic rings. The van der Waals surface area contributed by atoms with Gasteiger partial charge < -0.3 is 15.2 Å².